The van der Waals surface area contributed by atoms with E-state index in [-0.39, 0.29) is 30.4 Å². The second kappa shape index (κ2) is 24.7. The zero-order valence-electron chi connectivity index (χ0n) is 36.7. The van der Waals surface area contributed by atoms with E-state index in [0.717, 1.165) is 80.0 Å². The van der Waals surface area contributed by atoms with E-state index in [1.807, 2.05) is 90.7 Å². The Morgan fingerprint density at radius 1 is 0.525 bits per heavy atom. The van der Waals surface area contributed by atoms with Gasteiger partial charge in [0.2, 0.25) is 11.5 Å². The van der Waals surface area contributed by atoms with Crippen LogP contribution < -0.4 is 49.9 Å². The minimum atomic E-state index is 0. The molecule has 0 fully saturated rings. The number of fused-ring (bicyclic) bond motifs is 6. The second-order valence-corrected chi connectivity index (χ2v) is 14.4. The molecular weight excluding hydrogens is 785 g/mol. The summed E-state index contributed by atoms with van der Waals surface area (Å²) in [5, 5.41) is 6.72. The standard InChI is InChI=1S/2C21H25NO4S.2C2H6.CH4/c2*1-22-15-8-6-12-10-17(24-2)20(25-3)21(26-4)19(12)13-7-9-18(27-5)16(23)11-14(13)15;2*1-2;/h2*7,9-11,15,22H,6,8H2,1-5H3;2*1-2H3;1H4/t2*15-;;;/m00.../s1. The summed E-state index contributed by atoms with van der Waals surface area (Å²) < 4.78 is 33.8. The first-order chi connectivity index (χ1) is 28.2. The van der Waals surface area contributed by atoms with Crippen molar-refractivity contribution in [2.75, 3.05) is 69.3 Å². The highest BCUT2D eigenvalue weighted by Crippen LogP contribution is 2.51. The number of thioether (sulfide) groups is 2. The zero-order valence-corrected chi connectivity index (χ0v) is 38.3. The summed E-state index contributed by atoms with van der Waals surface area (Å²) in [6.07, 6.45) is 7.24. The van der Waals surface area contributed by atoms with Crippen molar-refractivity contribution < 1.29 is 28.4 Å². The first-order valence-corrected chi connectivity index (χ1v) is 22.1. The number of hydrogen-bond donors (Lipinski definition) is 2. The number of ether oxygens (including phenoxy) is 6. The lowest BCUT2D eigenvalue weighted by atomic mass is 9.95. The Balaban J connectivity index is 0.000000370. The van der Waals surface area contributed by atoms with Gasteiger partial charge in [-0.3, -0.25) is 9.59 Å². The molecule has 0 radical (unpaired) electrons. The van der Waals surface area contributed by atoms with Crippen LogP contribution in [-0.4, -0.2) is 69.3 Å². The van der Waals surface area contributed by atoms with Gasteiger partial charge in [-0.15, -0.1) is 23.5 Å². The van der Waals surface area contributed by atoms with E-state index in [4.69, 9.17) is 28.4 Å². The van der Waals surface area contributed by atoms with Gasteiger partial charge in [-0.1, -0.05) is 47.3 Å². The molecule has 0 saturated carbocycles. The lowest BCUT2D eigenvalue weighted by Crippen LogP contribution is -2.17. The maximum absolute atomic E-state index is 12.7. The molecular formula is C47H66N2O8S2. The molecule has 0 bridgehead atoms. The maximum atomic E-state index is 12.7. The highest BCUT2D eigenvalue weighted by Gasteiger charge is 2.30. The lowest BCUT2D eigenvalue weighted by molar-refractivity contribution is 0.324. The first-order valence-electron chi connectivity index (χ1n) is 19.6. The summed E-state index contributed by atoms with van der Waals surface area (Å²) in [6, 6.07) is 15.5. The smallest absolute Gasteiger partial charge is 0.203 e. The van der Waals surface area contributed by atoms with Gasteiger partial charge in [0, 0.05) is 23.2 Å². The third kappa shape index (κ3) is 10.7. The van der Waals surface area contributed by atoms with Crippen LogP contribution in [0.5, 0.6) is 34.5 Å². The molecule has 10 nitrogen and oxygen atoms in total. The molecule has 2 atom stereocenters. The number of hydrogen-bond acceptors (Lipinski definition) is 12. The molecule has 324 valence electrons. The van der Waals surface area contributed by atoms with Crippen molar-refractivity contribution in [3.05, 3.63) is 91.2 Å². The Bertz CT molecular complexity index is 1980. The number of methoxy groups -OCH3 is 6. The molecule has 0 saturated heterocycles. The summed E-state index contributed by atoms with van der Waals surface area (Å²) in [4.78, 5) is 26.8. The highest BCUT2D eigenvalue weighted by molar-refractivity contribution is 7.98. The minimum Gasteiger partial charge on any atom is -0.493 e. The normalized spacial score (nSPS) is 14.3. The summed E-state index contributed by atoms with van der Waals surface area (Å²) in [5.74, 6) is 3.68. The molecule has 0 aromatic heterocycles. The van der Waals surface area contributed by atoms with Gasteiger partial charge in [-0.05, 0) is 122 Å². The predicted molar refractivity (Wildman–Crippen MR) is 249 cm³/mol. The van der Waals surface area contributed by atoms with Gasteiger partial charge in [-0.25, -0.2) is 0 Å². The Morgan fingerprint density at radius 2 is 0.864 bits per heavy atom. The molecule has 0 unspecified atom stereocenters. The molecule has 2 N–H and O–H groups in total. The van der Waals surface area contributed by atoms with Crippen LogP contribution >= 0.6 is 23.5 Å². The summed E-state index contributed by atoms with van der Waals surface area (Å²) in [5.41, 5.74) is 8.16. The van der Waals surface area contributed by atoms with Crippen LogP contribution in [-0.2, 0) is 12.8 Å². The van der Waals surface area contributed by atoms with E-state index in [9.17, 15) is 9.59 Å². The lowest BCUT2D eigenvalue weighted by Gasteiger charge is -2.19. The molecule has 2 aliphatic rings. The average Bonchev–Trinajstić information content (AvgIpc) is 3.67. The van der Waals surface area contributed by atoms with Crippen LogP contribution in [0.15, 0.2) is 67.9 Å². The van der Waals surface area contributed by atoms with Crippen molar-refractivity contribution in [3.63, 3.8) is 0 Å². The Labute approximate surface area is 361 Å². The predicted octanol–water partition coefficient (Wildman–Crippen LogP) is 10.0. The van der Waals surface area contributed by atoms with Crippen LogP contribution in [0.3, 0.4) is 0 Å². The van der Waals surface area contributed by atoms with Crippen LogP contribution in [0.4, 0.5) is 0 Å². The minimum absolute atomic E-state index is 0. The molecule has 59 heavy (non-hydrogen) atoms. The van der Waals surface area contributed by atoms with Crippen molar-refractivity contribution in [2.45, 2.75) is 82.7 Å². The fourth-order valence-electron chi connectivity index (χ4n) is 7.53. The molecule has 0 spiro atoms. The zero-order chi connectivity index (χ0) is 43.1. The van der Waals surface area contributed by atoms with Crippen molar-refractivity contribution in [2.24, 2.45) is 0 Å². The van der Waals surface area contributed by atoms with Gasteiger partial charge in [-0.2, -0.15) is 0 Å². The van der Waals surface area contributed by atoms with E-state index < -0.39 is 0 Å². The van der Waals surface area contributed by atoms with Crippen LogP contribution in [0.1, 0.15) is 82.3 Å². The third-order valence-electron chi connectivity index (χ3n) is 10.1. The fraction of sp³-hybridized carbons (Fsp3) is 0.447. The average molecular weight is 851 g/mol. The monoisotopic (exact) mass is 850 g/mol. The summed E-state index contributed by atoms with van der Waals surface area (Å²) in [6.45, 7) is 8.00. The second-order valence-electron chi connectivity index (χ2n) is 12.7. The van der Waals surface area contributed by atoms with Gasteiger partial charge in [0.25, 0.3) is 0 Å². The van der Waals surface area contributed by atoms with Gasteiger partial charge in [0.05, 0.1) is 52.4 Å². The molecule has 2 aliphatic carbocycles. The molecule has 4 aromatic rings. The van der Waals surface area contributed by atoms with Gasteiger partial charge in [0.1, 0.15) is 0 Å². The van der Waals surface area contributed by atoms with E-state index in [2.05, 4.69) is 10.6 Å². The van der Waals surface area contributed by atoms with E-state index >= 15 is 0 Å². The van der Waals surface area contributed by atoms with E-state index in [1.54, 1.807) is 54.8 Å². The fourth-order valence-corrected chi connectivity index (χ4v) is 8.46. The van der Waals surface area contributed by atoms with Gasteiger partial charge < -0.3 is 39.1 Å². The van der Waals surface area contributed by atoms with Crippen LogP contribution in [0.2, 0.25) is 0 Å². The SMILES string of the molecule is C.CC.CC.CN[C@H]1CCc2cc(OC)c(OC)c(OC)c2-c2ccc(SC)c(=O)cc21.CN[C@H]1CCc2cc(OC)c(OC)c(OC)c2-c2ccc(SC)c(=O)cc21. The van der Waals surface area contributed by atoms with Crippen LogP contribution in [0.25, 0.3) is 22.3 Å². The van der Waals surface area contributed by atoms with E-state index in [0.29, 0.717) is 34.5 Å². The van der Waals surface area contributed by atoms with Crippen LogP contribution in [0, 0.1) is 0 Å². The number of benzene rings is 2. The maximum Gasteiger partial charge on any atom is 0.203 e. The summed E-state index contributed by atoms with van der Waals surface area (Å²) in [7, 11) is 13.6. The largest absolute Gasteiger partial charge is 0.493 e. The third-order valence-corrected chi connectivity index (χ3v) is 11.7. The Morgan fingerprint density at radius 3 is 1.14 bits per heavy atom. The number of aryl methyl sites for hydroxylation is 2. The molecule has 0 aliphatic heterocycles. The van der Waals surface area contributed by atoms with E-state index in [1.165, 1.54) is 23.5 Å². The molecule has 0 amide bonds. The molecule has 0 heterocycles. The Hall–Kier alpha value is -4.36. The van der Waals surface area contributed by atoms with Crippen molar-refractivity contribution in [1.82, 2.24) is 10.6 Å². The molecule has 4 aromatic carbocycles. The molecule has 12 heteroatoms. The first kappa shape index (κ1) is 50.8. The molecule has 6 rings (SSSR count). The van der Waals surface area contributed by atoms with Crippen molar-refractivity contribution in [1.29, 1.82) is 0 Å². The topological polar surface area (TPSA) is 114 Å². The van der Waals surface area contributed by atoms with Gasteiger partial charge >= 0.3 is 0 Å². The van der Waals surface area contributed by atoms with Gasteiger partial charge in [0.15, 0.2) is 33.9 Å². The number of nitrogens with one attached hydrogen (secondary N) is 2. The van der Waals surface area contributed by atoms with Crippen molar-refractivity contribution in [3.8, 4) is 56.8 Å². The number of rotatable bonds is 10. The summed E-state index contributed by atoms with van der Waals surface area (Å²) >= 11 is 2.92. The quantitative estimate of drug-likeness (QED) is 0.148. The highest BCUT2D eigenvalue weighted by atomic mass is 32.2. The Kier molecular flexibility index (Phi) is 21.2. The van der Waals surface area contributed by atoms with Crippen molar-refractivity contribution >= 4 is 23.5 Å².